The number of fused-ring (bicyclic) bond motifs is 2. The summed E-state index contributed by atoms with van der Waals surface area (Å²) in [5, 5.41) is 10.9. The Kier molecular flexibility index (Phi) is 5.31. The van der Waals surface area contributed by atoms with E-state index < -0.39 is 0 Å². The van der Waals surface area contributed by atoms with Gasteiger partial charge in [0.1, 0.15) is 11.0 Å². The predicted octanol–water partition coefficient (Wildman–Crippen LogP) is 2.29. The zero-order valence-electron chi connectivity index (χ0n) is 13.8. The highest BCUT2D eigenvalue weighted by atomic mass is 35.5. The maximum atomic E-state index is 12.3. The minimum absolute atomic E-state index is 0. The number of nitrogens with zero attached hydrogens (tertiary/aromatic N) is 4. The fourth-order valence-corrected chi connectivity index (χ4v) is 3.47. The number of carbonyl (C=O) groups is 1. The van der Waals surface area contributed by atoms with Crippen LogP contribution in [0.4, 0.5) is 5.69 Å². The molecule has 0 spiro atoms. The fraction of sp³-hybridized carbons (Fsp3) is 0.375. The molecule has 0 bridgehead atoms. The van der Waals surface area contributed by atoms with Crippen LogP contribution in [0.3, 0.4) is 0 Å². The molecule has 0 aliphatic carbocycles. The summed E-state index contributed by atoms with van der Waals surface area (Å²) in [6.07, 6.45) is 1.04. The highest BCUT2D eigenvalue weighted by Gasteiger charge is 2.14. The van der Waals surface area contributed by atoms with Gasteiger partial charge in [0.25, 0.3) is 0 Å². The van der Waals surface area contributed by atoms with Gasteiger partial charge in [-0.15, -0.1) is 12.4 Å². The van der Waals surface area contributed by atoms with Crippen LogP contribution < -0.4 is 10.6 Å². The molecule has 0 radical (unpaired) electrons. The molecule has 9 heteroatoms. The van der Waals surface area contributed by atoms with Crippen LogP contribution in [0.1, 0.15) is 23.4 Å². The molecule has 0 atom stereocenters. The van der Waals surface area contributed by atoms with Crippen LogP contribution in [0.25, 0.3) is 11.0 Å². The number of rotatable bonds is 4. The Labute approximate surface area is 155 Å². The van der Waals surface area contributed by atoms with E-state index in [0.717, 1.165) is 59.3 Å². The van der Waals surface area contributed by atoms with Crippen molar-refractivity contribution in [1.82, 2.24) is 23.8 Å². The molecule has 0 saturated heterocycles. The quantitative estimate of drug-likeness (QED) is 0.727. The Morgan fingerprint density at radius 2 is 2.28 bits per heavy atom. The van der Waals surface area contributed by atoms with Gasteiger partial charge >= 0.3 is 0 Å². The molecule has 0 unspecified atom stereocenters. The molecule has 1 amide bonds. The first-order valence-electron chi connectivity index (χ1n) is 7.99. The lowest BCUT2D eigenvalue weighted by atomic mass is 10.1. The maximum absolute atomic E-state index is 12.3. The van der Waals surface area contributed by atoms with Crippen molar-refractivity contribution in [2.45, 2.75) is 32.9 Å². The van der Waals surface area contributed by atoms with Gasteiger partial charge in [0.15, 0.2) is 0 Å². The molecule has 0 saturated carbocycles. The van der Waals surface area contributed by atoms with Crippen molar-refractivity contribution in [2.24, 2.45) is 0 Å². The van der Waals surface area contributed by atoms with Gasteiger partial charge in [0, 0.05) is 25.9 Å². The Morgan fingerprint density at radius 1 is 1.40 bits per heavy atom. The summed E-state index contributed by atoms with van der Waals surface area (Å²) in [6.45, 7) is 4.64. The van der Waals surface area contributed by atoms with Crippen molar-refractivity contribution >= 4 is 46.8 Å². The molecule has 4 rings (SSSR count). The zero-order valence-corrected chi connectivity index (χ0v) is 15.4. The molecule has 2 N–H and O–H groups in total. The molecule has 132 valence electrons. The minimum atomic E-state index is -0.0253. The van der Waals surface area contributed by atoms with E-state index in [2.05, 4.69) is 30.5 Å². The normalized spacial score (nSPS) is 13.3. The summed E-state index contributed by atoms with van der Waals surface area (Å²) in [5.41, 5.74) is 5.48. The molecule has 25 heavy (non-hydrogen) atoms. The van der Waals surface area contributed by atoms with Gasteiger partial charge in [-0.2, -0.15) is 13.8 Å². The van der Waals surface area contributed by atoms with Gasteiger partial charge in [-0.1, -0.05) is 6.07 Å². The Hall–Kier alpha value is -2.03. The molecule has 1 aliphatic rings. The highest BCUT2D eigenvalue weighted by Crippen LogP contribution is 2.25. The van der Waals surface area contributed by atoms with Gasteiger partial charge in [-0.05, 0) is 24.6 Å². The number of hydrogen-bond donors (Lipinski definition) is 2. The summed E-state index contributed by atoms with van der Waals surface area (Å²) in [5.74, 6) is -0.0253. The third kappa shape index (κ3) is 3.65. The first kappa shape index (κ1) is 17.8. The first-order valence-corrected chi connectivity index (χ1v) is 8.72. The third-order valence-corrected chi connectivity index (χ3v) is 4.77. The van der Waals surface area contributed by atoms with Gasteiger partial charge in [-0.3, -0.25) is 9.48 Å². The van der Waals surface area contributed by atoms with Crippen LogP contribution in [0, 0.1) is 6.92 Å². The molecule has 1 aromatic carbocycles. The standard InChI is InChI=1S/C16H18N6OS.ClH/c1-10-2-4-13-16(21-24-20-13)15(10)18-14(23)5-3-11-8-12-9-17-6-7-22(12)19-11;/h2,4,8,17H,3,5-7,9H2,1H3,(H,18,23);1H. The second-order valence-electron chi connectivity index (χ2n) is 5.96. The molecular formula is C16H19ClN6OS. The lowest BCUT2D eigenvalue weighted by Crippen LogP contribution is -2.28. The largest absolute Gasteiger partial charge is 0.324 e. The van der Waals surface area contributed by atoms with Gasteiger partial charge in [0.2, 0.25) is 5.91 Å². The number of benzene rings is 1. The van der Waals surface area contributed by atoms with Crippen LogP contribution in [0.5, 0.6) is 0 Å². The van der Waals surface area contributed by atoms with E-state index in [4.69, 9.17) is 0 Å². The second kappa shape index (κ2) is 7.47. The molecule has 3 aromatic rings. The predicted molar refractivity (Wildman–Crippen MR) is 100 cm³/mol. The molecular weight excluding hydrogens is 360 g/mol. The van der Waals surface area contributed by atoms with Crippen LogP contribution in [0.2, 0.25) is 0 Å². The van der Waals surface area contributed by atoms with E-state index in [1.165, 1.54) is 5.69 Å². The van der Waals surface area contributed by atoms with Crippen LogP contribution in [-0.2, 0) is 24.3 Å². The summed E-state index contributed by atoms with van der Waals surface area (Å²) < 4.78 is 10.5. The average molecular weight is 379 g/mol. The van der Waals surface area contributed by atoms with E-state index in [1.807, 2.05) is 23.7 Å². The Balaban J connectivity index is 0.00000182. The SMILES string of the molecule is Cc1ccc2nsnc2c1NC(=O)CCc1cc2n(n1)CCNC2.Cl. The molecule has 7 nitrogen and oxygen atoms in total. The van der Waals surface area contributed by atoms with E-state index in [-0.39, 0.29) is 18.3 Å². The summed E-state index contributed by atoms with van der Waals surface area (Å²) >= 11 is 1.16. The number of anilines is 1. The topological polar surface area (TPSA) is 84.7 Å². The summed E-state index contributed by atoms with van der Waals surface area (Å²) in [4.78, 5) is 12.3. The number of nitrogens with one attached hydrogen (secondary N) is 2. The van der Waals surface area contributed by atoms with Crippen molar-refractivity contribution in [3.8, 4) is 0 Å². The zero-order chi connectivity index (χ0) is 16.5. The van der Waals surface area contributed by atoms with E-state index in [0.29, 0.717) is 12.8 Å². The lowest BCUT2D eigenvalue weighted by molar-refractivity contribution is -0.116. The number of halogens is 1. The van der Waals surface area contributed by atoms with Gasteiger partial charge in [0.05, 0.1) is 35.3 Å². The first-order chi connectivity index (χ1) is 11.7. The number of aryl methyl sites for hydroxylation is 2. The second-order valence-corrected chi connectivity index (χ2v) is 6.49. The van der Waals surface area contributed by atoms with Gasteiger partial charge < -0.3 is 10.6 Å². The summed E-state index contributed by atoms with van der Waals surface area (Å²) in [6, 6.07) is 5.96. The Bertz CT molecular complexity index is 882. The number of hydrogen-bond acceptors (Lipinski definition) is 6. The maximum Gasteiger partial charge on any atom is 0.224 e. The van der Waals surface area contributed by atoms with Crippen molar-refractivity contribution in [3.63, 3.8) is 0 Å². The van der Waals surface area contributed by atoms with E-state index in [9.17, 15) is 4.79 Å². The van der Waals surface area contributed by atoms with Gasteiger partial charge in [-0.25, -0.2) is 0 Å². The summed E-state index contributed by atoms with van der Waals surface area (Å²) in [7, 11) is 0. The number of carbonyl (C=O) groups excluding carboxylic acids is 1. The van der Waals surface area contributed by atoms with Crippen LogP contribution >= 0.6 is 24.1 Å². The molecule has 0 fully saturated rings. The Morgan fingerprint density at radius 3 is 3.12 bits per heavy atom. The van der Waals surface area contributed by atoms with Crippen molar-refractivity contribution in [2.75, 3.05) is 11.9 Å². The minimum Gasteiger partial charge on any atom is -0.324 e. The highest BCUT2D eigenvalue weighted by molar-refractivity contribution is 7.00. The van der Waals surface area contributed by atoms with Crippen LogP contribution in [0.15, 0.2) is 18.2 Å². The van der Waals surface area contributed by atoms with Crippen molar-refractivity contribution in [3.05, 3.63) is 35.2 Å². The van der Waals surface area contributed by atoms with E-state index >= 15 is 0 Å². The van der Waals surface area contributed by atoms with E-state index in [1.54, 1.807) is 0 Å². The number of aromatic nitrogens is 4. The van der Waals surface area contributed by atoms with Crippen molar-refractivity contribution in [1.29, 1.82) is 0 Å². The molecule has 3 heterocycles. The number of amides is 1. The van der Waals surface area contributed by atoms with Crippen LogP contribution in [-0.4, -0.2) is 31.0 Å². The smallest absolute Gasteiger partial charge is 0.224 e. The fourth-order valence-electron chi connectivity index (χ4n) is 2.93. The average Bonchev–Trinajstić information content (AvgIpc) is 3.21. The molecule has 2 aromatic heterocycles. The molecule has 1 aliphatic heterocycles. The van der Waals surface area contributed by atoms with Crippen molar-refractivity contribution < 1.29 is 4.79 Å². The monoisotopic (exact) mass is 378 g/mol. The lowest BCUT2D eigenvalue weighted by Gasteiger charge is -2.13. The third-order valence-electron chi connectivity index (χ3n) is 4.23.